The van der Waals surface area contributed by atoms with Crippen LogP contribution in [0.4, 0.5) is 0 Å². The molecular formula is C36H55BO8. The average molecular weight is 627 g/mol. The predicted octanol–water partition coefficient (Wildman–Crippen LogP) is 5.75. The molecule has 0 amide bonds. The smallest absolute Gasteiger partial charge is 0.518 e. The number of rotatable bonds is 14. The number of allylic oxidation sites excluding steroid dienone is 1. The van der Waals surface area contributed by atoms with Gasteiger partial charge in [0.05, 0.1) is 35.8 Å². The summed E-state index contributed by atoms with van der Waals surface area (Å²) in [6.45, 7) is 15.0. The largest absolute Gasteiger partial charge is 0.713 e. The van der Waals surface area contributed by atoms with Gasteiger partial charge < -0.3 is 38.9 Å². The lowest BCUT2D eigenvalue weighted by Gasteiger charge is -2.31. The third-order valence-corrected chi connectivity index (χ3v) is 8.42. The molecule has 2 aromatic carbocycles. The highest BCUT2D eigenvalue weighted by molar-refractivity contribution is 6.37. The van der Waals surface area contributed by atoms with Gasteiger partial charge in [0.15, 0.2) is 0 Å². The van der Waals surface area contributed by atoms with E-state index in [4.69, 9.17) is 14.0 Å². The van der Waals surface area contributed by atoms with Crippen LogP contribution >= 0.6 is 0 Å². The molecule has 250 valence electrons. The molecular weight excluding hydrogens is 571 g/mol. The van der Waals surface area contributed by atoms with E-state index in [1.54, 1.807) is 33.1 Å². The van der Waals surface area contributed by atoms with Gasteiger partial charge in [0, 0.05) is 17.8 Å². The fraction of sp³-hybridized carbons (Fsp3) is 0.556. The maximum atomic E-state index is 10.6. The van der Waals surface area contributed by atoms with Crippen LogP contribution in [0.1, 0.15) is 79.4 Å². The molecule has 6 atom stereocenters. The Morgan fingerprint density at radius 2 is 1.16 bits per heavy atom. The number of aldehydes is 2. The first-order valence-electron chi connectivity index (χ1n) is 15.8. The third-order valence-electron chi connectivity index (χ3n) is 8.42. The molecule has 1 aliphatic rings. The second kappa shape index (κ2) is 20.3. The minimum atomic E-state index is -0.784. The van der Waals surface area contributed by atoms with Crippen molar-refractivity contribution < 1.29 is 38.9 Å². The molecule has 3 N–H and O–H groups in total. The lowest BCUT2D eigenvalue weighted by molar-refractivity contribution is -0.116. The van der Waals surface area contributed by atoms with Crippen LogP contribution in [-0.4, -0.2) is 64.7 Å². The number of benzene rings is 2. The molecule has 9 heteroatoms. The van der Waals surface area contributed by atoms with Gasteiger partial charge in [0.2, 0.25) is 0 Å². The van der Waals surface area contributed by atoms with E-state index in [0.717, 1.165) is 25.4 Å². The van der Waals surface area contributed by atoms with Crippen molar-refractivity contribution in [3.05, 3.63) is 84.1 Å². The number of hydrogen-bond acceptors (Lipinski definition) is 8. The van der Waals surface area contributed by atoms with Crippen molar-refractivity contribution in [2.24, 2.45) is 17.8 Å². The molecule has 0 bridgehead atoms. The van der Waals surface area contributed by atoms with Gasteiger partial charge in [-0.25, -0.2) is 0 Å². The molecule has 8 nitrogen and oxygen atoms in total. The van der Waals surface area contributed by atoms with Gasteiger partial charge in [-0.2, -0.15) is 0 Å². The molecule has 0 radical (unpaired) electrons. The van der Waals surface area contributed by atoms with E-state index in [-0.39, 0.29) is 23.0 Å². The zero-order valence-corrected chi connectivity index (χ0v) is 28.3. The summed E-state index contributed by atoms with van der Waals surface area (Å²) >= 11 is 0. The minimum absolute atomic E-state index is 0.265. The number of hydrogen-bond donors (Lipinski definition) is 3. The van der Waals surface area contributed by atoms with Gasteiger partial charge in [0.25, 0.3) is 0 Å². The zero-order valence-electron chi connectivity index (χ0n) is 28.3. The maximum Gasteiger partial charge on any atom is 0.713 e. The van der Waals surface area contributed by atoms with Crippen molar-refractivity contribution in [2.75, 3.05) is 0 Å². The average Bonchev–Trinajstić information content (AvgIpc) is 3.26. The Bertz CT molecular complexity index is 1090. The quantitative estimate of drug-likeness (QED) is 0.138. The van der Waals surface area contributed by atoms with Crippen LogP contribution in [0.3, 0.4) is 0 Å². The first-order chi connectivity index (χ1) is 21.2. The van der Waals surface area contributed by atoms with E-state index in [2.05, 4.69) is 0 Å². The zero-order chi connectivity index (χ0) is 34.0. The molecule has 0 unspecified atom stereocenters. The summed E-state index contributed by atoms with van der Waals surface area (Å²) in [7, 11) is -0.582. The molecule has 0 aliphatic carbocycles. The second-order valence-corrected chi connectivity index (χ2v) is 12.7. The van der Waals surface area contributed by atoms with Gasteiger partial charge in [-0.05, 0) is 71.4 Å². The van der Waals surface area contributed by atoms with Gasteiger partial charge in [-0.1, -0.05) is 87.5 Å². The van der Waals surface area contributed by atoms with E-state index >= 15 is 0 Å². The van der Waals surface area contributed by atoms with Gasteiger partial charge >= 0.3 is 7.32 Å². The highest BCUT2D eigenvalue weighted by Crippen LogP contribution is 2.36. The summed E-state index contributed by atoms with van der Waals surface area (Å²) in [5, 5.41) is 29.4. The normalized spacial score (nSPS) is 19.0. The first kappa shape index (κ1) is 40.2. The molecule has 0 spiro atoms. The lowest BCUT2D eigenvalue weighted by Crippen LogP contribution is -2.41. The molecule has 1 aliphatic heterocycles. The van der Waals surface area contributed by atoms with E-state index in [9.17, 15) is 24.9 Å². The van der Waals surface area contributed by atoms with Crippen LogP contribution in [0, 0.1) is 17.8 Å². The summed E-state index contributed by atoms with van der Waals surface area (Å²) in [5.74, 6) is -1.00. The summed E-state index contributed by atoms with van der Waals surface area (Å²) in [4.78, 5) is 21.0. The van der Waals surface area contributed by atoms with Crippen LogP contribution in [0.15, 0.2) is 73.0 Å². The number of carbonyl (C=O) groups is 2. The van der Waals surface area contributed by atoms with Crippen molar-refractivity contribution in [3.8, 4) is 0 Å². The highest BCUT2D eigenvalue weighted by Gasteiger charge is 2.53. The van der Waals surface area contributed by atoms with Crippen molar-refractivity contribution in [1.82, 2.24) is 0 Å². The first-order valence-corrected chi connectivity index (χ1v) is 15.8. The number of aliphatic hydroxyl groups excluding tert-OH is 3. The van der Waals surface area contributed by atoms with Gasteiger partial charge in [-0.3, -0.25) is 0 Å². The van der Waals surface area contributed by atoms with Crippen LogP contribution in [0.2, 0.25) is 0 Å². The molecule has 1 heterocycles. The summed E-state index contributed by atoms with van der Waals surface area (Å²) in [6, 6.07) is 19.9. The molecule has 0 aromatic heterocycles. The Morgan fingerprint density at radius 1 is 0.733 bits per heavy atom. The highest BCUT2D eigenvalue weighted by atomic mass is 16.8. The SMILES string of the molecule is C/C=C/OB1OC(C)(C)C(C)(C)O1.C[C@@H](C=O)[C@@H](O)CCc1ccccc1.C[C@@H]([C@@H](O)[C@H](C)C=O)[C@@H](O)CCc1ccccc1. The standard InChI is InChI=1S/C15H22O3.C12H16O2.C9H17BO3/c1-11(10-16)15(18)12(2)14(17)9-8-13-6-4-3-5-7-13;1-10(9-13)12(14)8-7-11-5-3-2-4-6-11;1-6-7-11-10-12-8(2,3)9(4,5)13-10/h3-7,10-12,14-15,17-18H,8-9H2,1-2H3;2-6,9-10,12,14H,7-8H2,1H3;6-7H,1-5H3/b;;7-6+/t11-,12-,14+,15+;10-,12-;/m10./s1. The van der Waals surface area contributed by atoms with E-state index in [1.165, 1.54) is 11.1 Å². The Kier molecular flexibility index (Phi) is 18.2. The van der Waals surface area contributed by atoms with Gasteiger partial charge in [-0.15, -0.1) is 0 Å². The number of aryl methyl sites for hydroxylation is 2. The molecule has 2 aromatic rings. The summed E-state index contributed by atoms with van der Waals surface area (Å²) in [5.41, 5.74) is 1.73. The van der Waals surface area contributed by atoms with Crippen LogP contribution in [-0.2, 0) is 36.4 Å². The second-order valence-electron chi connectivity index (χ2n) is 12.7. The van der Waals surface area contributed by atoms with Crippen LogP contribution < -0.4 is 0 Å². The Balaban J connectivity index is 0.000000343. The Labute approximate surface area is 271 Å². The molecule has 1 saturated heterocycles. The topological polar surface area (TPSA) is 123 Å². The van der Waals surface area contributed by atoms with Crippen molar-refractivity contribution in [2.45, 2.75) is 111 Å². The minimum Gasteiger partial charge on any atom is -0.518 e. The van der Waals surface area contributed by atoms with E-state index in [0.29, 0.717) is 12.8 Å². The van der Waals surface area contributed by atoms with E-state index < -0.39 is 31.6 Å². The Morgan fingerprint density at radius 3 is 1.56 bits per heavy atom. The fourth-order valence-corrected chi connectivity index (χ4v) is 4.31. The van der Waals surface area contributed by atoms with Crippen molar-refractivity contribution in [1.29, 1.82) is 0 Å². The molecule has 1 fully saturated rings. The summed E-state index contributed by atoms with van der Waals surface area (Å²) in [6.07, 6.45) is 5.82. The molecule has 45 heavy (non-hydrogen) atoms. The summed E-state index contributed by atoms with van der Waals surface area (Å²) < 4.78 is 16.3. The molecule has 3 rings (SSSR count). The predicted molar refractivity (Wildman–Crippen MR) is 179 cm³/mol. The van der Waals surface area contributed by atoms with Crippen molar-refractivity contribution in [3.63, 3.8) is 0 Å². The lowest BCUT2D eigenvalue weighted by atomic mass is 9.87. The van der Waals surface area contributed by atoms with Crippen molar-refractivity contribution >= 4 is 19.9 Å². The van der Waals surface area contributed by atoms with E-state index in [1.807, 2.05) is 95.3 Å². The van der Waals surface area contributed by atoms with Gasteiger partial charge in [0.1, 0.15) is 12.6 Å². The molecule has 0 saturated carbocycles. The third kappa shape index (κ3) is 14.4. The number of carbonyl (C=O) groups excluding carboxylic acids is 2. The maximum absolute atomic E-state index is 10.6. The van der Waals surface area contributed by atoms with Crippen LogP contribution in [0.5, 0.6) is 0 Å². The number of aliphatic hydroxyl groups is 3. The Hall–Kier alpha value is -2.82. The monoisotopic (exact) mass is 626 g/mol. The van der Waals surface area contributed by atoms with Crippen LogP contribution in [0.25, 0.3) is 0 Å². The fourth-order valence-electron chi connectivity index (χ4n) is 4.31.